The summed E-state index contributed by atoms with van der Waals surface area (Å²) in [6.07, 6.45) is 1.59. The third-order valence-corrected chi connectivity index (χ3v) is 7.58. The molecule has 0 saturated carbocycles. The number of rotatable bonds is 5. The zero-order chi connectivity index (χ0) is 21.0. The molecule has 1 aliphatic heterocycles. The Morgan fingerprint density at radius 2 is 1.71 bits per heavy atom. The van der Waals surface area contributed by atoms with Gasteiger partial charge in [-0.05, 0) is 17.2 Å². The van der Waals surface area contributed by atoms with Crippen molar-refractivity contribution in [3.63, 3.8) is 0 Å². The van der Waals surface area contributed by atoms with Crippen LogP contribution in [-0.4, -0.2) is 47.1 Å². The van der Waals surface area contributed by atoms with Crippen LogP contribution in [0.25, 0.3) is 20.7 Å². The number of carbonyl (C=O) groups is 1. The van der Waals surface area contributed by atoms with Crippen molar-refractivity contribution in [1.82, 2.24) is 14.9 Å². The summed E-state index contributed by atoms with van der Waals surface area (Å²) in [5.41, 5.74) is 2.14. The number of morpholine rings is 1. The first-order chi connectivity index (χ1) is 15.3. The number of ether oxygens (including phenoxy) is 1. The summed E-state index contributed by atoms with van der Waals surface area (Å²) >= 11 is 3.15. The van der Waals surface area contributed by atoms with Crippen molar-refractivity contribution in [3.8, 4) is 10.4 Å². The maximum atomic E-state index is 13.5. The van der Waals surface area contributed by atoms with E-state index in [1.165, 1.54) is 11.8 Å². The number of aromatic nitrogens is 2. The lowest BCUT2D eigenvalue weighted by Gasteiger charge is -2.30. The van der Waals surface area contributed by atoms with Gasteiger partial charge in [-0.15, -0.1) is 11.3 Å². The van der Waals surface area contributed by atoms with Crippen molar-refractivity contribution in [2.24, 2.45) is 0 Å². The van der Waals surface area contributed by atoms with Crippen molar-refractivity contribution in [2.45, 2.75) is 10.3 Å². The van der Waals surface area contributed by atoms with Gasteiger partial charge in [-0.3, -0.25) is 4.79 Å². The molecule has 7 heteroatoms. The number of thiophene rings is 1. The molecular weight excluding hydrogens is 426 g/mol. The molecule has 1 saturated heterocycles. The minimum Gasteiger partial charge on any atom is -0.378 e. The molecule has 0 N–H and O–H groups in total. The van der Waals surface area contributed by atoms with E-state index < -0.39 is 0 Å². The second kappa shape index (κ2) is 9.18. The Hall–Kier alpha value is -2.74. The predicted molar refractivity (Wildman–Crippen MR) is 125 cm³/mol. The monoisotopic (exact) mass is 447 g/mol. The summed E-state index contributed by atoms with van der Waals surface area (Å²) in [5.74, 6) is 0.102. The number of benzene rings is 2. The SMILES string of the molecule is O=C([C@@H](Sc1ncnc2sc(-c3ccccc3)cc12)c1ccccc1)N1CCOCC1. The van der Waals surface area contributed by atoms with Gasteiger partial charge in [0.05, 0.1) is 13.2 Å². The van der Waals surface area contributed by atoms with Gasteiger partial charge in [-0.25, -0.2) is 9.97 Å². The van der Waals surface area contributed by atoms with E-state index in [-0.39, 0.29) is 11.2 Å². The quantitative estimate of drug-likeness (QED) is 0.317. The standard InChI is InChI=1S/C24H21N3O2S2/c28-24(27-11-13-29-14-12-27)21(18-9-5-2-6-10-18)31-23-19-15-20(17-7-3-1-4-8-17)30-22(19)25-16-26-23/h1-10,15-16,21H,11-14H2/t21-/m0/s1. The van der Waals surface area contributed by atoms with Crippen LogP contribution in [0.3, 0.4) is 0 Å². The summed E-state index contributed by atoms with van der Waals surface area (Å²) in [7, 11) is 0. The number of carbonyl (C=O) groups excluding carboxylic acids is 1. The van der Waals surface area contributed by atoms with Gasteiger partial charge in [-0.1, -0.05) is 72.4 Å². The zero-order valence-corrected chi connectivity index (χ0v) is 18.4. The van der Waals surface area contributed by atoms with Crippen LogP contribution in [0.1, 0.15) is 10.8 Å². The summed E-state index contributed by atoms with van der Waals surface area (Å²) < 4.78 is 5.44. The van der Waals surface area contributed by atoms with E-state index >= 15 is 0 Å². The minimum atomic E-state index is -0.363. The van der Waals surface area contributed by atoms with Crippen LogP contribution >= 0.6 is 23.1 Å². The van der Waals surface area contributed by atoms with Gasteiger partial charge < -0.3 is 9.64 Å². The van der Waals surface area contributed by atoms with Crippen LogP contribution in [0.2, 0.25) is 0 Å². The molecule has 5 rings (SSSR count). The van der Waals surface area contributed by atoms with Gasteiger partial charge in [0.2, 0.25) is 5.91 Å². The lowest BCUT2D eigenvalue weighted by molar-refractivity contribution is -0.134. The first-order valence-electron chi connectivity index (χ1n) is 10.2. The number of nitrogens with zero attached hydrogens (tertiary/aromatic N) is 3. The van der Waals surface area contributed by atoms with Crippen LogP contribution in [0.5, 0.6) is 0 Å². The van der Waals surface area contributed by atoms with Crippen molar-refractivity contribution >= 4 is 39.2 Å². The van der Waals surface area contributed by atoms with Gasteiger partial charge in [0.1, 0.15) is 21.4 Å². The number of amides is 1. The van der Waals surface area contributed by atoms with Crippen LogP contribution in [0, 0.1) is 0 Å². The molecule has 5 nitrogen and oxygen atoms in total. The van der Waals surface area contributed by atoms with Gasteiger partial charge in [0, 0.05) is 23.4 Å². The fourth-order valence-corrected chi connectivity index (χ4v) is 5.85. The van der Waals surface area contributed by atoms with Gasteiger partial charge in [0.25, 0.3) is 0 Å². The molecule has 1 amide bonds. The van der Waals surface area contributed by atoms with Crippen molar-refractivity contribution in [2.75, 3.05) is 26.3 Å². The second-order valence-corrected chi connectivity index (χ2v) is 9.35. The highest BCUT2D eigenvalue weighted by molar-refractivity contribution is 8.00. The van der Waals surface area contributed by atoms with Crippen LogP contribution in [0.4, 0.5) is 0 Å². The molecule has 3 heterocycles. The highest BCUT2D eigenvalue weighted by Gasteiger charge is 2.29. The third kappa shape index (κ3) is 4.35. The number of hydrogen-bond acceptors (Lipinski definition) is 6. The van der Waals surface area contributed by atoms with E-state index in [0.29, 0.717) is 26.3 Å². The van der Waals surface area contributed by atoms with E-state index in [4.69, 9.17) is 4.74 Å². The molecule has 4 aromatic rings. The molecular formula is C24H21N3O2S2. The van der Waals surface area contributed by atoms with Crippen molar-refractivity contribution in [1.29, 1.82) is 0 Å². The fourth-order valence-electron chi connectivity index (χ4n) is 3.62. The molecule has 0 radical (unpaired) electrons. The molecule has 31 heavy (non-hydrogen) atoms. The summed E-state index contributed by atoms with van der Waals surface area (Å²) in [4.78, 5) is 26.5. The molecule has 1 atom stereocenters. The van der Waals surface area contributed by atoms with Gasteiger partial charge in [-0.2, -0.15) is 0 Å². The number of thioether (sulfide) groups is 1. The molecule has 2 aromatic carbocycles. The zero-order valence-electron chi connectivity index (χ0n) is 16.8. The summed E-state index contributed by atoms with van der Waals surface area (Å²) in [6.45, 7) is 2.41. The molecule has 0 unspecified atom stereocenters. The Morgan fingerprint density at radius 3 is 2.45 bits per heavy atom. The molecule has 0 aliphatic carbocycles. The Bertz CT molecular complexity index is 1180. The van der Waals surface area contributed by atoms with Crippen LogP contribution < -0.4 is 0 Å². The smallest absolute Gasteiger partial charge is 0.240 e. The fraction of sp³-hybridized carbons (Fsp3) is 0.208. The Morgan fingerprint density at radius 1 is 1.00 bits per heavy atom. The number of hydrogen-bond donors (Lipinski definition) is 0. The van der Waals surface area contributed by atoms with Crippen molar-refractivity contribution < 1.29 is 9.53 Å². The van der Waals surface area contributed by atoms with Crippen LogP contribution in [0.15, 0.2) is 78.1 Å². The number of fused-ring (bicyclic) bond motifs is 1. The van der Waals surface area contributed by atoms with E-state index in [2.05, 4.69) is 28.2 Å². The first-order valence-corrected chi connectivity index (χ1v) is 11.9. The Labute approximate surface area is 189 Å². The maximum absolute atomic E-state index is 13.5. The van der Waals surface area contributed by atoms with Gasteiger partial charge in [0.15, 0.2) is 0 Å². The highest BCUT2D eigenvalue weighted by atomic mass is 32.2. The lowest BCUT2D eigenvalue weighted by Crippen LogP contribution is -2.42. The summed E-state index contributed by atoms with van der Waals surface area (Å²) in [5, 5.41) is 1.46. The topological polar surface area (TPSA) is 55.3 Å². The van der Waals surface area contributed by atoms with Crippen LogP contribution in [-0.2, 0) is 9.53 Å². The highest BCUT2D eigenvalue weighted by Crippen LogP contribution is 2.42. The molecule has 1 fully saturated rings. The lowest BCUT2D eigenvalue weighted by atomic mass is 10.1. The molecule has 0 spiro atoms. The molecule has 2 aromatic heterocycles. The van der Waals surface area contributed by atoms with E-state index in [0.717, 1.165) is 31.2 Å². The maximum Gasteiger partial charge on any atom is 0.240 e. The Kier molecular flexibility index (Phi) is 5.97. The average molecular weight is 448 g/mol. The predicted octanol–water partition coefficient (Wildman–Crippen LogP) is 5.05. The van der Waals surface area contributed by atoms with Gasteiger partial charge >= 0.3 is 0 Å². The molecule has 1 aliphatic rings. The second-order valence-electron chi connectivity index (χ2n) is 7.22. The average Bonchev–Trinajstić information content (AvgIpc) is 3.29. The molecule has 156 valence electrons. The normalized spacial score (nSPS) is 15.2. The third-order valence-electron chi connectivity index (χ3n) is 5.23. The van der Waals surface area contributed by atoms with Crippen molar-refractivity contribution in [3.05, 3.63) is 78.6 Å². The van der Waals surface area contributed by atoms with E-state index in [9.17, 15) is 4.79 Å². The minimum absolute atomic E-state index is 0.102. The van der Waals surface area contributed by atoms with E-state index in [1.807, 2.05) is 53.4 Å². The summed E-state index contributed by atoms with van der Waals surface area (Å²) in [6, 6.07) is 22.4. The first kappa shape index (κ1) is 20.2. The van der Waals surface area contributed by atoms with E-state index in [1.54, 1.807) is 17.7 Å². The molecule has 0 bridgehead atoms. The Balaban J connectivity index is 1.51. The largest absolute Gasteiger partial charge is 0.378 e.